The second-order valence-corrected chi connectivity index (χ2v) is 6.96. The van der Waals surface area contributed by atoms with Crippen molar-refractivity contribution in [1.82, 2.24) is 4.98 Å². The van der Waals surface area contributed by atoms with E-state index >= 15 is 0 Å². The van der Waals surface area contributed by atoms with Gasteiger partial charge in [-0.05, 0) is 50.8 Å². The number of fused-ring (bicyclic) bond motifs is 1. The number of anilines is 2. The summed E-state index contributed by atoms with van der Waals surface area (Å²) in [6.07, 6.45) is 8.99. The Labute approximate surface area is 155 Å². The molecule has 1 unspecified atom stereocenters. The molecule has 1 aromatic heterocycles. The summed E-state index contributed by atoms with van der Waals surface area (Å²) in [6, 6.07) is 6.15. The van der Waals surface area contributed by atoms with E-state index in [1.165, 1.54) is 24.9 Å². The van der Waals surface area contributed by atoms with Crippen molar-refractivity contribution in [1.29, 1.82) is 0 Å². The molecule has 0 spiro atoms. The maximum atomic E-state index is 12.5. The quantitative estimate of drug-likeness (QED) is 0.750. The minimum absolute atomic E-state index is 0.114. The number of hydrogen-bond acceptors (Lipinski definition) is 4. The summed E-state index contributed by atoms with van der Waals surface area (Å²) in [5.41, 5.74) is 2.03. The van der Waals surface area contributed by atoms with Crippen LogP contribution < -0.4 is 10.2 Å². The highest BCUT2D eigenvalue weighted by atomic mass is 16.5. The Hall–Kier alpha value is -2.14. The highest BCUT2D eigenvalue weighted by molar-refractivity contribution is 6.07. The third kappa shape index (κ3) is 4.33. The van der Waals surface area contributed by atoms with Crippen molar-refractivity contribution in [2.75, 3.05) is 29.9 Å². The van der Waals surface area contributed by atoms with Gasteiger partial charge in [-0.1, -0.05) is 13.3 Å². The first kappa shape index (κ1) is 18.6. The minimum atomic E-state index is -0.463. The molecule has 1 aliphatic rings. The maximum absolute atomic E-state index is 12.5. The normalized spacial score (nSPS) is 15.8. The van der Waals surface area contributed by atoms with Gasteiger partial charge in [0.25, 0.3) is 5.91 Å². The lowest BCUT2D eigenvalue weighted by atomic mass is 10.0. The Morgan fingerprint density at radius 1 is 1.23 bits per heavy atom. The maximum Gasteiger partial charge on any atom is 0.253 e. The summed E-state index contributed by atoms with van der Waals surface area (Å²) in [5.74, 6) is -0.114. The number of nitrogens with zero attached hydrogens (tertiary/aromatic N) is 2. The molecule has 1 saturated heterocycles. The summed E-state index contributed by atoms with van der Waals surface area (Å²) < 4.78 is 5.61. The van der Waals surface area contributed by atoms with Crippen LogP contribution in [0, 0.1) is 0 Å². The van der Waals surface area contributed by atoms with Gasteiger partial charge >= 0.3 is 0 Å². The van der Waals surface area contributed by atoms with Crippen molar-refractivity contribution >= 4 is 28.1 Å². The van der Waals surface area contributed by atoms with Crippen LogP contribution in [-0.4, -0.2) is 36.7 Å². The van der Waals surface area contributed by atoms with E-state index < -0.39 is 6.10 Å². The average molecular weight is 355 g/mol. The van der Waals surface area contributed by atoms with Gasteiger partial charge in [-0.15, -0.1) is 0 Å². The Balaban J connectivity index is 1.80. The van der Waals surface area contributed by atoms with Crippen LogP contribution in [0.2, 0.25) is 0 Å². The van der Waals surface area contributed by atoms with Crippen LogP contribution in [0.25, 0.3) is 10.8 Å². The number of pyridine rings is 1. The number of benzene rings is 1. The smallest absolute Gasteiger partial charge is 0.253 e. The molecule has 0 aliphatic carbocycles. The molecule has 0 bridgehead atoms. The minimum Gasteiger partial charge on any atom is -0.371 e. The van der Waals surface area contributed by atoms with Crippen molar-refractivity contribution in [2.45, 2.75) is 52.1 Å². The molecule has 3 rings (SSSR count). The molecule has 140 valence electrons. The third-order valence-electron chi connectivity index (χ3n) is 4.98. The van der Waals surface area contributed by atoms with Crippen molar-refractivity contribution < 1.29 is 9.53 Å². The molecule has 5 heteroatoms. The van der Waals surface area contributed by atoms with E-state index in [-0.39, 0.29) is 5.91 Å². The standard InChI is InChI=1S/C21H29N3O2/c1-3-4-14-26-16(2)21(25)23-19-8-9-20(24-12-6-5-7-13-24)17-10-11-22-15-18(17)19/h8-11,15-16H,3-7,12-14H2,1-2H3,(H,23,25). The van der Waals surface area contributed by atoms with E-state index in [0.717, 1.165) is 42.4 Å². The second kappa shape index (κ2) is 8.99. The zero-order valence-electron chi connectivity index (χ0n) is 15.8. The highest BCUT2D eigenvalue weighted by Gasteiger charge is 2.18. The van der Waals surface area contributed by atoms with E-state index in [1.807, 2.05) is 24.5 Å². The van der Waals surface area contributed by atoms with E-state index in [2.05, 4.69) is 28.2 Å². The number of amides is 1. The summed E-state index contributed by atoms with van der Waals surface area (Å²) in [4.78, 5) is 19.2. The van der Waals surface area contributed by atoms with Crippen LogP contribution in [0.5, 0.6) is 0 Å². The first-order chi connectivity index (χ1) is 12.7. The second-order valence-electron chi connectivity index (χ2n) is 6.96. The number of aromatic nitrogens is 1. The molecular weight excluding hydrogens is 326 g/mol. The monoisotopic (exact) mass is 355 g/mol. The van der Waals surface area contributed by atoms with E-state index in [0.29, 0.717) is 6.61 Å². The summed E-state index contributed by atoms with van der Waals surface area (Å²) in [6.45, 7) is 6.70. The largest absolute Gasteiger partial charge is 0.371 e. The van der Waals surface area contributed by atoms with Crippen LogP contribution in [0.3, 0.4) is 0 Å². The van der Waals surface area contributed by atoms with Crippen LogP contribution in [0.1, 0.15) is 46.0 Å². The molecule has 1 N–H and O–H groups in total. The topological polar surface area (TPSA) is 54.5 Å². The van der Waals surface area contributed by atoms with Gasteiger partial charge in [0.2, 0.25) is 0 Å². The lowest BCUT2D eigenvalue weighted by Gasteiger charge is -2.30. The molecule has 1 amide bonds. The Morgan fingerprint density at radius 2 is 2.04 bits per heavy atom. The molecule has 2 heterocycles. The molecule has 0 saturated carbocycles. The predicted octanol–water partition coefficient (Wildman–Crippen LogP) is 4.37. The molecule has 1 aliphatic heterocycles. The van der Waals surface area contributed by atoms with Crippen molar-refractivity contribution in [3.8, 4) is 0 Å². The van der Waals surface area contributed by atoms with Gasteiger partial charge in [0, 0.05) is 48.5 Å². The van der Waals surface area contributed by atoms with Gasteiger partial charge in [-0.2, -0.15) is 0 Å². The third-order valence-corrected chi connectivity index (χ3v) is 4.98. The van der Waals surface area contributed by atoms with Gasteiger partial charge in [0.15, 0.2) is 0 Å². The molecule has 1 atom stereocenters. The predicted molar refractivity (Wildman–Crippen MR) is 107 cm³/mol. The van der Waals surface area contributed by atoms with Crippen LogP contribution in [0.4, 0.5) is 11.4 Å². The lowest BCUT2D eigenvalue weighted by molar-refractivity contribution is -0.126. The highest BCUT2D eigenvalue weighted by Crippen LogP contribution is 2.33. The van der Waals surface area contributed by atoms with E-state index in [4.69, 9.17) is 4.74 Å². The number of ether oxygens (including phenoxy) is 1. The number of nitrogens with one attached hydrogen (secondary N) is 1. The number of unbranched alkanes of at least 4 members (excludes halogenated alkanes) is 1. The molecule has 26 heavy (non-hydrogen) atoms. The Morgan fingerprint density at radius 3 is 2.81 bits per heavy atom. The van der Waals surface area contributed by atoms with Crippen LogP contribution in [0.15, 0.2) is 30.6 Å². The molecule has 5 nitrogen and oxygen atoms in total. The Bertz CT molecular complexity index is 741. The number of rotatable bonds is 7. The van der Waals surface area contributed by atoms with Gasteiger partial charge in [-0.3, -0.25) is 9.78 Å². The zero-order valence-corrected chi connectivity index (χ0v) is 15.8. The molecule has 1 fully saturated rings. The van der Waals surface area contributed by atoms with Crippen LogP contribution >= 0.6 is 0 Å². The fourth-order valence-corrected chi connectivity index (χ4v) is 3.41. The van der Waals surface area contributed by atoms with Gasteiger partial charge < -0.3 is 15.0 Å². The molecular formula is C21H29N3O2. The van der Waals surface area contributed by atoms with E-state index in [9.17, 15) is 4.79 Å². The summed E-state index contributed by atoms with van der Waals surface area (Å²) in [5, 5.41) is 5.13. The zero-order chi connectivity index (χ0) is 18.4. The van der Waals surface area contributed by atoms with Gasteiger partial charge in [0.1, 0.15) is 6.10 Å². The average Bonchev–Trinajstić information content (AvgIpc) is 2.69. The fraction of sp³-hybridized carbons (Fsp3) is 0.524. The van der Waals surface area contributed by atoms with Crippen molar-refractivity contribution in [3.63, 3.8) is 0 Å². The number of hydrogen-bond donors (Lipinski definition) is 1. The van der Waals surface area contributed by atoms with E-state index in [1.54, 1.807) is 6.92 Å². The number of carbonyl (C=O) groups is 1. The molecule has 2 aromatic rings. The van der Waals surface area contributed by atoms with Crippen LogP contribution in [-0.2, 0) is 9.53 Å². The van der Waals surface area contributed by atoms with Crippen molar-refractivity contribution in [2.24, 2.45) is 0 Å². The van der Waals surface area contributed by atoms with Gasteiger partial charge in [-0.25, -0.2) is 0 Å². The molecule has 1 aromatic carbocycles. The Kier molecular flexibility index (Phi) is 6.45. The summed E-state index contributed by atoms with van der Waals surface area (Å²) in [7, 11) is 0. The van der Waals surface area contributed by atoms with Gasteiger partial charge in [0.05, 0.1) is 5.69 Å². The molecule has 0 radical (unpaired) electrons. The first-order valence-corrected chi connectivity index (χ1v) is 9.75. The number of carbonyl (C=O) groups excluding carboxylic acids is 1. The number of piperidine rings is 1. The fourth-order valence-electron chi connectivity index (χ4n) is 3.41. The SMILES string of the molecule is CCCCOC(C)C(=O)Nc1ccc(N2CCCCC2)c2ccncc12. The van der Waals surface area contributed by atoms with Crippen molar-refractivity contribution in [3.05, 3.63) is 30.6 Å². The first-order valence-electron chi connectivity index (χ1n) is 9.75. The lowest BCUT2D eigenvalue weighted by Crippen LogP contribution is -2.30. The summed E-state index contributed by atoms with van der Waals surface area (Å²) >= 11 is 0.